The molecule has 0 saturated carbocycles. The Labute approximate surface area is 252 Å². The minimum Gasteiger partial charge on any atom is -0.455 e. The van der Waals surface area contributed by atoms with Crippen LogP contribution in [-0.4, -0.2) is 58.6 Å². The van der Waals surface area contributed by atoms with E-state index in [4.69, 9.17) is 8.83 Å². The van der Waals surface area contributed by atoms with Crippen molar-refractivity contribution < 1.29 is 35.6 Å². The first-order valence-electron chi connectivity index (χ1n) is 14.0. The van der Waals surface area contributed by atoms with Crippen molar-refractivity contribution in [1.82, 2.24) is 10.2 Å². The van der Waals surface area contributed by atoms with E-state index in [0.29, 0.717) is 47.0 Å². The first-order chi connectivity index (χ1) is 21.0. The highest BCUT2D eigenvalue weighted by atomic mass is 32.2. The summed E-state index contributed by atoms with van der Waals surface area (Å²) < 4.78 is 66.3. The zero-order valence-electron chi connectivity index (χ0n) is 24.2. The highest BCUT2D eigenvalue weighted by molar-refractivity contribution is 7.92. The maximum atomic E-state index is 14.3. The standard InChI is InChI=1S/C32H29F2N3O6S/c1-35-31(38)28-23-15-22(20-7-5-13-37(17-20)32(39)27-14-19-6-4-8-24(34)29(19)43-27)25(36(2)44(3,40)41)16-26(23)42-30(28)18-9-11-21(33)12-10-18/h4,6,8-12,14-16,20H,5,7,13,17H2,1-3H3,(H,35,38)/t20-/m0/s1. The van der Waals surface area contributed by atoms with Crippen LogP contribution in [0.15, 0.2) is 69.5 Å². The molecule has 2 amide bonds. The Morgan fingerprint density at radius 1 is 1.05 bits per heavy atom. The lowest BCUT2D eigenvalue weighted by molar-refractivity contribution is 0.0677. The van der Waals surface area contributed by atoms with Crippen molar-refractivity contribution in [3.05, 3.63) is 89.2 Å². The number of nitrogens with zero attached hydrogens (tertiary/aromatic N) is 2. The van der Waals surface area contributed by atoms with Gasteiger partial charge in [0, 0.05) is 55.5 Å². The van der Waals surface area contributed by atoms with E-state index in [0.717, 1.165) is 10.6 Å². The van der Waals surface area contributed by atoms with Crippen LogP contribution in [0.25, 0.3) is 33.3 Å². The second-order valence-electron chi connectivity index (χ2n) is 10.9. The third kappa shape index (κ3) is 5.19. The third-order valence-corrected chi connectivity index (χ3v) is 9.28. The Morgan fingerprint density at radius 2 is 1.80 bits per heavy atom. The van der Waals surface area contributed by atoms with Gasteiger partial charge in [-0.3, -0.25) is 13.9 Å². The van der Waals surface area contributed by atoms with Crippen LogP contribution >= 0.6 is 0 Å². The fourth-order valence-corrected chi connectivity index (χ4v) is 6.30. The van der Waals surface area contributed by atoms with E-state index < -0.39 is 33.5 Å². The molecule has 0 unspecified atom stereocenters. The lowest BCUT2D eigenvalue weighted by Gasteiger charge is -2.34. The van der Waals surface area contributed by atoms with E-state index in [1.54, 1.807) is 29.2 Å². The van der Waals surface area contributed by atoms with E-state index >= 15 is 0 Å². The number of halogens is 2. The number of hydrogen-bond acceptors (Lipinski definition) is 6. The van der Waals surface area contributed by atoms with Gasteiger partial charge in [0.15, 0.2) is 17.2 Å². The molecule has 1 fully saturated rings. The molecule has 5 aromatic rings. The summed E-state index contributed by atoms with van der Waals surface area (Å²) >= 11 is 0. The van der Waals surface area contributed by atoms with E-state index in [1.807, 2.05) is 0 Å². The Bertz CT molecular complexity index is 2030. The maximum absolute atomic E-state index is 14.3. The van der Waals surface area contributed by atoms with Gasteiger partial charge in [0.1, 0.15) is 17.2 Å². The number of fused-ring (bicyclic) bond motifs is 2. The molecule has 0 spiro atoms. The van der Waals surface area contributed by atoms with Gasteiger partial charge in [-0.15, -0.1) is 0 Å². The van der Waals surface area contributed by atoms with Gasteiger partial charge in [0.25, 0.3) is 11.8 Å². The van der Waals surface area contributed by atoms with Crippen molar-refractivity contribution in [3.8, 4) is 11.3 Å². The molecule has 3 heterocycles. The first-order valence-corrected chi connectivity index (χ1v) is 15.8. The zero-order valence-corrected chi connectivity index (χ0v) is 25.0. The van der Waals surface area contributed by atoms with Gasteiger partial charge in [-0.1, -0.05) is 12.1 Å². The number of carbonyl (C=O) groups excluding carboxylic acids is 2. The van der Waals surface area contributed by atoms with Crippen molar-refractivity contribution in [3.63, 3.8) is 0 Å². The summed E-state index contributed by atoms with van der Waals surface area (Å²) in [6.45, 7) is 0.657. The van der Waals surface area contributed by atoms with Gasteiger partial charge >= 0.3 is 0 Å². The van der Waals surface area contributed by atoms with Gasteiger partial charge in [-0.2, -0.15) is 0 Å². The Balaban J connectivity index is 1.46. The molecule has 3 aromatic carbocycles. The number of nitrogens with one attached hydrogen (secondary N) is 1. The molecule has 0 radical (unpaired) electrons. The number of sulfonamides is 1. The fraction of sp³-hybridized carbons (Fsp3) is 0.250. The summed E-state index contributed by atoms with van der Waals surface area (Å²) in [5, 5.41) is 3.55. The maximum Gasteiger partial charge on any atom is 0.289 e. The molecule has 0 bridgehead atoms. The highest BCUT2D eigenvalue weighted by Crippen LogP contribution is 2.42. The van der Waals surface area contributed by atoms with Crippen LogP contribution in [0.3, 0.4) is 0 Å². The van der Waals surface area contributed by atoms with Crippen LogP contribution in [0.2, 0.25) is 0 Å². The van der Waals surface area contributed by atoms with Crippen LogP contribution in [0.1, 0.15) is 45.2 Å². The van der Waals surface area contributed by atoms with Gasteiger partial charge < -0.3 is 19.1 Å². The summed E-state index contributed by atoms with van der Waals surface area (Å²) in [4.78, 5) is 28.3. The first kappa shape index (κ1) is 29.4. The van der Waals surface area contributed by atoms with Gasteiger partial charge in [0.2, 0.25) is 10.0 Å². The number of anilines is 1. The number of carbonyl (C=O) groups is 2. The number of rotatable bonds is 6. The Morgan fingerprint density at radius 3 is 2.48 bits per heavy atom. The van der Waals surface area contributed by atoms with Gasteiger partial charge in [-0.05, 0) is 60.9 Å². The lowest BCUT2D eigenvalue weighted by Crippen LogP contribution is -2.39. The predicted octanol–water partition coefficient (Wildman–Crippen LogP) is 5.90. The topological polar surface area (TPSA) is 113 Å². The summed E-state index contributed by atoms with van der Waals surface area (Å²) in [6, 6.07) is 14.8. The molecule has 2 aromatic heterocycles. The van der Waals surface area contributed by atoms with Crippen molar-refractivity contribution >= 4 is 49.5 Å². The summed E-state index contributed by atoms with van der Waals surface area (Å²) in [5.41, 5.74) is 1.91. The summed E-state index contributed by atoms with van der Waals surface area (Å²) in [6.07, 6.45) is 2.33. The molecule has 0 aliphatic carbocycles. The number of hydrogen-bond donors (Lipinski definition) is 1. The average Bonchev–Trinajstić information content (AvgIpc) is 3.62. The molecule has 1 aliphatic rings. The number of piperidine rings is 1. The fourth-order valence-electron chi connectivity index (χ4n) is 5.79. The predicted molar refractivity (Wildman–Crippen MR) is 162 cm³/mol. The highest BCUT2D eigenvalue weighted by Gasteiger charge is 2.32. The van der Waals surface area contributed by atoms with Gasteiger partial charge in [-0.25, -0.2) is 17.2 Å². The molecule has 9 nitrogen and oxygen atoms in total. The van der Waals surface area contributed by atoms with E-state index in [2.05, 4.69) is 5.32 Å². The minimum atomic E-state index is -3.72. The quantitative estimate of drug-likeness (QED) is 0.253. The number of furan rings is 2. The number of benzene rings is 3. The van der Waals surface area contributed by atoms with Crippen LogP contribution in [-0.2, 0) is 10.0 Å². The normalized spacial score (nSPS) is 15.6. The largest absolute Gasteiger partial charge is 0.455 e. The molecule has 44 heavy (non-hydrogen) atoms. The Kier molecular flexibility index (Phi) is 7.40. The SMILES string of the molecule is CNC(=O)c1c(-c2ccc(F)cc2)oc2cc(N(C)S(C)(=O)=O)c([C@H]3CCCN(C(=O)c4cc5cccc(F)c5o4)C3)cc12. The zero-order chi connectivity index (χ0) is 31.3. The molecule has 1 atom stereocenters. The summed E-state index contributed by atoms with van der Waals surface area (Å²) in [5.74, 6) is -1.95. The molecule has 12 heteroatoms. The van der Waals surface area contributed by atoms with Crippen LogP contribution in [0.5, 0.6) is 0 Å². The van der Waals surface area contributed by atoms with Crippen LogP contribution in [0, 0.1) is 11.6 Å². The van der Waals surface area contributed by atoms with Crippen molar-refractivity contribution in [2.75, 3.05) is 37.7 Å². The van der Waals surface area contributed by atoms with Crippen molar-refractivity contribution in [2.24, 2.45) is 0 Å². The number of amides is 2. The van der Waals surface area contributed by atoms with E-state index in [9.17, 15) is 26.8 Å². The molecule has 1 N–H and O–H groups in total. The molecular formula is C32H29F2N3O6S. The molecule has 228 valence electrons. The number of likely N-dealkylation sites (tertiary alicyclic amines) is 1. The van der Waals surface area contributed by atoms with Crippen LogP contribution in [0.4, 0.5) is 14.5 Å². The summed E-state index contributed by atoms with van der Waals surface area (Å²) in [7, 11) is -0.807. The average molecular weight is 622 g/mol. The second kappa shape index (κ2) is 11.1. The molecule has 1 saturated heterocycles. The molecular weight excluding hydrogens is 592 g/mol. The smallest absolute Gasteiger partial charge is 0.289 e. The van der Waals surface area contributed by atoms with E-state index in [1.165, 1.54) is 50.5 Å². The lowest BCUT2D eigenvalue weighted by atomic mass is 9.88. The van der Waals surface area contributed by atoms with Crippen molar-refractivity contribution in [1.29, 1.82) is 0 Å². The molecule has 1 aliphatic heterocycles. The number of para-hydroxylation sites is 1. The monoisotopic (exact) mass is 621 g/mol. The van der Waals surface area contributed by atoms with E-state index in [-0.39, 0.29) is 40.7 Å². The minimum absolute atomic E-state index is 0.00516. The molecule has 6 rings (SSSR count). The van der Waals surface area contributed by atoms with Gasteiger partial charge in [0.05, 0.1) is 17.5 Å². The van der Waals surface area contributed by atoms with Crippen molar-refractivity contribution in [2.45, 2.75) is 18.8 Å². The van der Waals surface area contributed by atoms with Crippen LogP contribution < -0.4 is 9.62 Å². The third-order valence-electron chi connectivity index (χ3n) is 8.09. The second-order valence-corrected chi connectivity index (χ2v) is 12.9. The Hall–Kier alpha value is -4.71.